The third-order valence-electron chi connectivity index (χ3n) is 10.8. The van der Waals surface area contributed by atoms with Gasteiger partial charge in [-0.25, -0.2) is 4.79 Å². The number of rotatable bonds is 3. The summed E-state index contributed by atoms with van der Waals surface area (Å²) in [7, 11) is 0. The van der Waals surface area contributed by atoms with E-state index in [1.165, 1.54) is 25.7 Å². The van der Waals surface area contributed by atoms with Crippen LogP contribution in [0.5, 0.6) is 0 Å². The average molecular weight is 482 g/mol. The van der Waals surface area contributed by atoms with Crippen LogP contribution in [0, 0.1) is 28.6 Å². The summed E-state index contributed by atoms with van der Waals surface area (Å²) in [6.45, 7) is 5.43. The van der Waals surface area contributed by atoms with E-state index in [0.717, 1.165) is 31.2 Å². The number of hydrogen-bond acceptors (Lipinski definition) is 6. The molecule has 0 bridgehead atoms. The van der Waals surface area contributed by atoms with Gasteiger partial charge in [0.05, 0.1) is 12.4 Å². The molecule has 0 spiro atoms. The first-order chi connectivity index (χ1) is 16.8. The minimum Gasteiger partial charge on any atom is -0.461 e. The third-order valence-corrected chi connectivity index (χ3v) is 10.8. The molecule has 1 aromatic heterocycles. The number of esters is 1. The lowest BCUT2D eigenvalue weighted by molar-refractivity contribution is -0.159. The van der Waals surface area contributed by atoms with Gasteiger partial charge in [0.1, 0.15) is 12.1 Å². The third kappa shape index (κ3) is 3.83. The van der Waals surface area contributed by atoms with Crippen LogP contribution in [-0.4, -0.2) is 35.9 Å². The Morgan fingerprint density at radius 1 is 1.14 bits per heavy atom. The first kappa shape index (κ1) is 23.5. The molecule has 0 radical (unpaired) electrons. The van der Waals surface area contributed by atoms with Crippen LogP contribution in [0.25, 0.3) is 0 Å². The fourth-order valence-corrected chi connectivity index (χ4v) is 8.87. The maximum absolute atomic E-state index is 12.6. The first-order valence-electron chi connectivity index (χ1n) is 13.7. The largest absolute Gasteiger partial charge is 0.461 e. The minimum absolute atomic E-state index is 0.00772. The summed E-state index contributed by atoms with van der Waals surface area (Å²) in [6.07, 6.45) is 13.1. The van der Waals surface area contributed by atoms with E-state index >= 15 is 0 Å². The number of hydrogen-bond donors (Lipinski definition) is 2. The van der Waals surface area contributed by atoms with Gasteiger partial charge in [0, 0.05) is 19.0 Å². The fourth-order valence-electron chi connectivity index (χ4n) is 8.87. The summed E-state index contributed by atoms with van der Waals surface area (Å²) < 4.78 is 11.2. The number of carbonyl (C=O) groups excluding carboxylic acids is 1. The summed E-state index contributed by atoms with van der Waals surface area (Å²) >= 11 is 0. The quantitative estimate of drug-likeness (QED) is 0.494. The van der Waals surface area contributed by atoms with Crippen molar-refractivity contribution in [1.82, 2.24) is 5.32 Å². The van der Waals surface area contributed by atoms with Gasteiger partial charge in [0.25, 0.3) is 0 Å². The molecule has 9 atom stereocenters. The van der Waals surface area contributed by atoms with E-state index < -0.39 is 6.10 Å². The molecule has 4 fully saturated rings. The maximum Gasteiger partial charge on any atom is 0.335 e. The first-order valence-corrected chi connectivity index (χ1v) is 13.7. The molecule has 1 saturated heterocycles. The van der Waals surface area contributed by atoms with E-state index in [1.807, 2.05) is 6.07 Å². The molecular formula is C29H39NO5. The molecule has 1 aromatic rings. The van der Waals surface area contributed by atoms with Crippen LogP contribution in [0.2, 0.25) is 0 Å². The molecule has 2 N–H and O–H groups in total. The van der Waals surface area contributed by atoms with Crippen LogP contribution in [0.1, 0.15) is 83.1 Å². The van der Waals surface area contributed by atoms with Crippen LogP contribution < -0.4 is 10.9 Å². The Bertz CT molecular complexity index is 1060. The topological polar surface area (TPSA) is 88.8 Å². The fraction of sp³-hybridized carbons (Fsp3) is 0.724. The normalized spacial score (nSPS) is 44.7. The van der Waals surface area contributed by atoms with Crippen molar-refractivity contribution in [3.05, 3.63) is 46.0 Å². The zero-order valence-electron chi connectivity index (χ0n) is 21.0. The summed E-state index contributed by atoms with van der Waals surface area (Å²) in [6, 6.07) is 3.17. The molecule has 1 aliphatic heterocycles. The van der Waals surface area contributed by atoms with Gasteiger partial charge in [-0.05, 0) is 97.5 Å². The SMILES string of the molecule is C[C@]12CC[C@H](OC(=O)C3CC(O)CN3)C[C@H]1CC[C@H]1C3=CC[C@H](c4ccc(=O)oc4)[C@@]3(C)CC[C@@H]12. The van der Waals surface area contributed by atoms with Crippen molar-refractivity contribution < 1.29 is 19.1 Å². The highest BCUT2D eigenvalue weighted by Crippen LogP contribution is 2.67. The predicted molar refractivity (Wildman–Crippen MR) is 132 cm³/mol. The molecular weight excluding hydrogens is 442 g/mol. The Labute approximate surface area is 207 Å². The van der Waals surface area contributed by atoms with Gasteiger partial charge < -0.3 is 19.6 Å². The van der Waals surface area contributed by atoms with Gasteiger partial charge in [-0.1, -0.05) is 25.5 Å². The van der Waals surface area contributed by atoms with Crippen molar-refractivity contribution in [3.63, 3.8) is 0 Å². The highest BCUT2D eigenvalue weighted by molar-refractivity contribution is 5.76. The molecule has 6 heteroatoms. The Kier molecular flexibility index (Phi) is 5.76. The molecule has 190 valence electrons. The molecule has 2 unspecified atom stereocenters. The smallest absolute Gasteiger partial charge is 0.335 e. The van der Waals surface area contributed by atoms with Crippen LogP contribution in [-0.2, 0) is 9.53 Å². The number of aliphatic hydroxyl groups is 1. The maximum atomic E-state index is 12.6. The summed E-state index contributed by atoms with van der Waals surface area (Å²) in [4.78, 5) is 24.1. The monoisotopic (exact) mass is 481 g/mol. The van der Waals surface area contributed by atoms with E-state index in [0.29, 0.717) is 42.1 Å². The van der Waals surface area contributed by atoms with E-state index in [1.54, 1.807) is 17.9 Å². The zero-order valence-corrected chi connectivity index (χ0v) is 21.0. The van der Waals surface area contributed by atoms with Crippen LogP contribution in [0.4, 0.5) is 0 Å². The van der Waals surface area contributed by atoms with Gasteiger partial charge >= 0.3 is 11.6 Å². The van der Waals surface area contributed by atoms with Crippen LogP contribution >= 0.6 is 0 Å². The summed E-state index contributed by atoms with van der Waals surface area (Å²) in [5.74, 6) is 2.14. The summed E-state index contributed by atoms with van der Waals surface area (Å²) in [5, 5.41) is 12.8. The Hall–Kier alpha value is -1.92. The van der Waals surface area contributed by atoms with Crippen molar-refractivity contribution in [2.75, 3.05) is 6.54 Å². The second kappa shape index (κ2) is 8.58. The summed E-state index contributed by atoms with van der Waals surface area (Å²) in [5.41, 5.74) is 2.98. The van der Waals surface area contributed by atoms with E-state index in [4.69, 9.17) is 9.15 Å². The van der Waals surface area contributed by atoms with Crippen molar-refractivity contribution in [2.45, 2.75) is 95.8 Å². The molecule has 6 rings (SSSR count). The molecule has 3 saturated carbocycles. The molecule has 4 aliphatic carbocycles. The number of ether oxygens (including phenoxy) is 1. The number of nitrogens with one attached hydrogen (secondary N) is 1. The highest BCUT2D eigenvalue weighted by atomic mass is 16.5. The van der Waals surface area contributed by atoms with Crippen molar-refractivity contribution >= 4 is 5.97 Å². The van der Waals surface area contributed by atoms with Crippen molar-refractivity contribution in [3.8, 4) is 0 Å². The second-order valence-electron chi connectivity index (χ2n) is 12.5. The molecule has 0 aromatic carbocycles. The number of fused-ring (bicyclic) bond motifs is 5. The Balaban J connectivity index is 1.15. The van der Waals surface area contributed by atoms with Gasteiger partial charge in [0.2, 0.25) is 0 Å². The van der Waals surface area contributed by atoms with Gasteiger partial charge in [0.15, 0.2) is 0 Å². The Morgan fingerprint density at radius 2 is 2.00 bits per heavy atom. The lowest BCUT2D eigenvalue weighted by atomic mass is 9.46. The standard InChI is InChI=1S/C29H39NO5/c1-28-11-9-20(35-27(33)25-14-19(31)15-30-25)13-18(28)4-5-21-23-7-6-22(17-3-8-26(32)34-16-17)29(23,2)12-10-24(21)28/h3,7-8,16,18-22,24-25,30-31H,4-6,9-15H2,1-2H3/t18-,19?,20+,21+,22-,24+,25?,28+,29-/m1/s1. The van der Waals surface area contributed by atoms with Crippen molar-refractivity contribution in [2.24, 2.45) is 28.6 Å². The van der Waals surface area contributed by atoms with Gasteiger partial charge in [-0.15, -0.1) is 0 Å². The van der Waals surface area contributed by atoms with Crippen molar-refractivity contribution in [1.29, 1.82) is 0 Å². The lowest BCUT2D eigenvalue weighted by Gasteiger charge is -2.59. The van der Waals surface area contributed by atoms with E-state index in [2.05, 4.69) is 25.2 Å². The number of allylic oxidation sites excluding steroid dienone is 2. The van der Waals surface area contributed by atoms with Gasteiger partial charge in [-0.3, -0.25) is 4.79 Å². The Morgan fingerprint density at radius 3 is 2.74 bits per heavy atom. The minimum atomic E-state index is -0.445. The molecule has 35 heavy (non-hydrogen) atoms. The molecule has 0 amide bonds. The molecule has 5 aliphatic rings. The van der Waals surface area contributed by atoms with Crippen LogP contribution in [0.3, 0.4) is 0 Å². The van der Waals surface area contributed by atoms with E-state index in [-0.39, 0.29) is 29.2 Å². The molecule has 6 nitrogen and oxygen atoms in total. The second-order valence-corrected chi connectivity index (χ2v) is 12.5. The average Bonchev–Trinajstić information content (AvgIpc) is 3.43. The highest BCUT2D eigenvalue weighted by Gasteiger charge is 2.58. The number of carbonyl (C=O) groups is 1. The number of β-amino-alcohol motifs (C(OH)–C–C–N with tert-alkyl or cyclic N) is 1. The van der Waals surface area contributed by atoms with Crippen LogP contribution in [0.15, 0.2) is 39.3 Å². The molecule has 2 heterocycles. The van der Waals surface area contributed by atoms with E-state index in [9.17, 15) is 14.7 Å². The van der Waals surface area contributed by atoms with Gasteiger partial charge in [-0.2, -0.15) is 0 Å². The lowest BCUT2D eigenvalue weighted by Crippen LogP contribution is -2.52. The zero-order chi connectivity index (χ0) is 24.4. The predicted octanol–water partition coefficient (Wildman–Crippen LogP) is 4.32. The number of aliphatic hydroxyl groups excluding tert-OH is 1.